The molecule has 0 atom stereocenters. The lowest BCUT2D eigenvalue weighted by Gasteiger charge is -2.07. The van der Waals surface area contributed by atoms with Gasteiger partial charge in [-0.3, -0.25) is 0 Å². The Morgan fingerprint density at radius 3 is 2.38 bits per heavy atom. The highest BCUT2D eigenvalue weighted by Crippen LogP contribution is 2.18. The average molecular weight is 324 g/mol. The third-order valence-corrected chi connectivity index (χ3v) is 3.72. The minimum absolute atomic E-state index is 0.257. The fourth-order valence-corrected chi connectivity index (χ4v) is 2.33. The van der Waals surface area contributed by atoms with E-state index in [0.29, 0.717) is 12.2 Å². The number of carbonyl (C=O) groups excluding carboxylic acids is 1. The van der Waals surface area contributed by atoms with Gasteiger partial charge in [-0.15, -0.1) is 0 Å². The Labute approximate surface area is 143 Å². The van der Waals surface area contributed by atoms with Gasteiger partial charge in [0.05, 0.1) is 7.11 Å². The first-order valence-corrected chi connectivity index (χ1v) is 8.28. The molecule has 3 heteroatoms. The summed E-state index contributed by atoms with van der Waals surface area (Å²) in [6.07, 6.45) is 4.64. The van der Waals surface area contributed by atoms with Crippen molar-refractivity contribution in [3.8, 4) is 5.75 Å². The lowest BCUT2D eigenvalue weighted by Crippen LogP contribution is -2.04. The summed E-state index contributed by atoms with van der Waals surface area (Å²) in [6, 6.07) is 17.8. The summed E-state index contributed by atoms with van der Waals surface area (Å²) >= 11 is 0. The first-order chi connectivity index (χ1) is 11.7. The van der Waals surface area contributed by atoms with Crippen LogP contribution in [0, 0.1) is 0 Å². The van der Waals surface area contributed by atoms with E-state index in [-0.39, 0.29) is 5.97 Å². The molecule has 0 N–H and O–H groups in total. The highest BCUT2D eigenvalue weighted by Gasteiger charge is 2.09. The normalized spacial score (nSPS) is 11.2. The van der Waals surface area contributed by atoms with Crippen LogP contribution < -0.4 is 4.74 Å². The van der Waals surface area contributed by atoms with Gasteiger partial charge in [-0.05, 0) is 42.2 Å². The molecule has 126 valence electrons. The minimum atomic E-state index is -0.257. The van der Waals surface area contributed by atoms with E-state index in [4.69, 9.17) is 9.47 Å². The van der Waals surface area contributed by atoms with E-state index in [1.165, 1.54) is 7.11 Å². The lowest BCUT2D eigenvalue weighted by atomic mass is 10.1. The molecule has 2 rings (SSSR count). The number of carbonyl (C=O) groups is 1. The Kier molecular flexibility index (Phi) is 7.09. The second-order valence-electron chi connectivity index (χ2n) is 5.61. The Bertz CT molecular complexity index is 657. The summed E-state index contributed by atoms with van der Waals surface area (Å²) in [5, 5.41) is 0. The van der Waals surface area contributed by atoms with Gasteiger partial charge in [-0.2, -0.15) is 0 Å². The van der Waals surface area contributed by atoms with Crippen molar-refractivity contribution in [1.29, 1.82) is 0 Å². The standard InChI is InChI=1S/C21H24O3/c1-3-4-10-19(21(22)23-2)15-17-11-13-20(14-12-17)24-16-18-8-6-5-7-9-18/h5-9,11-15H,3-4,10,16H2,1-2H3. The molecule has 0 aliphatic heterocycles. The molecule has 0 amide bonds. The number of benzene rings is 2. The largest absolute Gasteiger partial charge is 0.489 e. The predicted octanol–water partition coefficient (Wildman–Crippen LogP) is 5.01. The third kappa shape index (κ3) is 5.58. The van der Waals surface area contributed by atoms with E-state index in [1.54, 1.807) is 0 Å². The van der Waals surface area contributed by atoms with Gasteiger partial charge in [0.2, 0.25) is 0 Å². The number of ether oxygens (including phenoxy) is 2. The number of methoxy groups -OCH3 is 1. The van der Waals surface area contributed by atoms with E-state index < -0.39 is 0 Å². The van der Waals surface area contributed by atoms with Crippen LogP contribution >= 0.6 is 0 Å². The van der Waals surface area contributed by atoms with Crippen LogP contribution in [0.15, 0.2) is 60.2 Å². The molecule has 0 radical (unpaired) electrons. The maximum absolute atomic E-state index is 11.8. The fourth-order valence-electron chi connectivity index (χ4n) is 2.33. The molecule has 2 aromatic carbocycles. The highest BCUT2D eigenvalue weighted by molar-refractivity contribution is 5.93. The molecule has 0 spiro atoms. The zero-order valence-electron chi connectivity index (χ0n) is 14.3. The quantitative estimate of drug-likeness (QED) is 0.505. The van der Waals surface area contributed by atoms with Gasteiger partial charge < -0.3 is 9.47 Å². The monoisotopic (exact) mass is 324 g/mol. The second-order valence-corrected chi connectivity index (χ2v) is 5.61. The molecule has 0 unspecified atom stereocenters. The first kappa shape index (κ1) is 17.8. The SMILES string of the molecule is CCCCC(=Cc1ccc(OCc2ccccc2)cc1)C(=O)OC. The molecule has 0 saturated carbocycles. The summed E-state index contributed by atoms with van der Waals surface area (Å²) in [6.45, 7) is 2.65. The van der Waals surface area contributed by atoms with Crippen LogP contribution in [0.2, 0.25) is 0 Å². The molecule has 2 aromatic rings. The second kappa shape index (κ2) is 9.56. The van der Waals surface area contributed by atoms with Crippen molar-refractivity contribution >= 4 is 12.0 Å². The minimum Gasteiger partial charge on any atom is -0.489 e. The molecule has 0 fully saturated rings. The van der Waals surface area contributed by atoms with Crippen molar-refractivity contribution in [2.45, 2.75) is 32.8 Å². The van der Waals surface area contributed by atoms with Crippen LogP contribution in [-0.2, 0) is 16.1 Å². The van der Waals surface area contributed by atoms with Crippen molar-refractivity contribution in [3.05, 3.63) is 71.3 Å². The van der Waals surface area contributed by atoms with E-state index in [2.05, 4.69) is 6.92 Å². The molecule has 0 aromatic heterocycles. The molecule has 0 aliphatic rings. The average Bonchev–Trinajstić information content (AvgIpc) is 2.64. The van der Waals surface area contributed by atoms with Crippen LogP contribution in [0.1, 0.15) is 37.3 Å². The van der Waals surface area contributed by atoms with Crippen LogP contribution in [-0.4, -0.2) is 13.1 Å². The molecule has 3 nitrogen and oxygen atoms in total. The van der Waals surface area contributed by atoms with Gasteiger partial charge in [0, 0.05) is 5.57 Å². The van der Waals surface area contributed by atoms with Crippen molar-refractivity contribution in [3.63, 3.8) is 0 Å². The maximum Gasteiger partial charge on any atom is 0.333 e. The maximum atomic E-state index is 11.8. The molecule has 0 saturated heterocycles. The Hall–Kier alpha value is -2.55. The van der Waals surface area contributed by atoms with Crippen molar-refractivity contribution < 1.29 is 14.3 Å². The third-order valence-electron chi connectivity index (χ3n) is 3.72. The fraction of sp³-hybridized carbons (Fsp3) is 0.286. The summed E-state index contributed by atoms with van der Waals surface area (Å²) in [5.41, 5.74) is 2.81. The van der Waals surface area contributed by atoms with E-state index in [9.17, 15) is 4.79 Å². The van der Waals surface area contributed by atoms with Crippen LogP contribution in [0.3, 0.4) is 0 Å². The number of hydrogen-bond donors (Lipinski definition) is 0. The molecule has 0 bridgehead atoms. The van der Waals surface area contributed by atoms with Gasteiger partial charge in [0.25, 0.3) is 0 Å². The van der Waals surface area contributed by atoms with E-state index in [1.807, 2.05) is 60.7 Å². The highest BCUT2D eigenvalue weighted by atomic mass is 16.5. The lowest BCUT2D eigenvalue weighted by molar-refractivity contribution is -0.136. The smallest absolute Gasteiger partial charge is 0.333 e. The topological polar surface area (TPSA) is 35.5 Å². The Morgan fingerprint density at radius 1 is 1.04 bits per heavy atom. The van der Waals surface area contributed by atoms with Crippen LogP contribution in [0.4, 0.5) is 0 Å². The van der Waals surface area contributed by atoms with E-state index >= 15 is 0 Å². The van der Waals surface area contributed by atoms with Crippen LogP contribution in [0.5, 0.6) is 5.75 Å². The van der Waals surface area contributed by atoms with E-state index in [0.717, 1.165) is 36.1 Å². The number of unbranched alkanes of at least 4 members (excludes halogenated alkanes) is 1. The molecule has 0 heterocycles. The van der Waals surface area contributed by atoms with Gasteiger partial charge in [0.1, 0.15) is 12.4 Å². The van der Waals surface area contributed by atoms with Gasteiger partial charge in [-0.25, -0.2) is 4.79 Å². The van der Waals surface area contributed by atoms with Crippen molar-refractivity contribution in [2.75, 3.05) is 7.11 Å². The molecular formula is C21H24O3. The van der Waals surface area contributed by atoms with Gasteiger partial charge in [0.15, 0.2) is 0 Å². The summed E-state index contributed by atoms with van der Waals surface area (Å²) in [4.78, 5) is 11.8. The number of hydrogen-bond acceptors (Lipinski definition) is 3. The summed E-state index contributed by atoms with van der Waals surface area (Å²) in [7, 11) is 1.42. The molecule has 24 heavy (non-hydrogen) atoms. The van der Waals surface area contributed by atoms with Gasteiger partial charge >= 0.3 is 5.97 Å². The molecule has 0 aliphatic carbocycles. The van der Waals surface area contributed by atoms with Crippen molar-refractivity contribution in [2.24, 2.45) is 0 Å². The van der Waals surface area contributed by atoms with Crippen molar-refractivity contribution in [1.82, 2.24) is 0 Å². The zero-order valence-corrected chi connectivity index (χ0v) is 14.3. The predicted molar refractivity (Wildman–Crippen MR) is 96.7 cm³/mol. The Balaban J connectivity index is 2.01. The number of esters is 1. The number of rotatable bonds is 8. The zero-order chi connectivity index (χ0) is 17.2. The van der Waals surface area contributed by atoms with Gasteiger partial charge in [-0.1, -0.05) is 55.8 Å². The summed E-state index contributed by atoms with van der Waals surface area (Å²) in [5.74, 6) is 0.553. The molecular weight excluding hydrogens is 300 g/mol. The summed E-state index contributed by atoms with van der Waals surface area (Å²) < 4.78 is 10.6. The Morgan fingerprint density at radius 2 is 1.75 bits per heavy atom. The van der Waals surface area contributed by atoms with Crippen LogP contribution in [0.25, 0.3) is 6.08 Å². The first-order valence-electron chi connectivity index (χ1n) is 8.28.